The van der Waals surface area contributed by atoms with Crippen molar-refractivity contribution in [2.24, 2.45) is 0 Å². The molecule has 1 aromatic carbocycles. The SMILES string of the molecule is Cc1ccc(-c2ccc(C#N)c(=O)n2CCCC(=O)O)cc1C. The average Bonchev–Trinajstić information content (AvgIpc) is 2.51. The smallest absolute Gasteiger partial charge is 0.303 e. The summed E-state index contributed by atoms with van der Waals surface area (Å²) in [6, 6.07) is 11.0. The molecule has 1 N–H and O–H groups in total. The van der Waals surface area contributed by atoms with Gasteiger partial charge in [-0.25, -0.2) is 0 Å². The van der Waals surface area contributed by atoms with E-state index in [9.17, 15) is 9.59 Å². The van der Waals surface area contributed by atoms with Gasteiger partial charge < -0.3 is 9.67 Å². The summed E-state index contributed by atoms with van der Waals surface area (Å²) < 4.78 is 1.49. The number of benzene rings is 1. The Bertz CT molecular complexity index is 844. The Morgan fingerprint density at radius 3 is 2.57 bits per heavy atom. The molecule has 5 nitrogen and oxygen atoms in total. The first-order valence-electron chi connectivity index (χ1n) is 7.37. The quantitative estimate of drug-likeness (QED) is 0.920. The highest BCUT2D eigenvalue weighted by Gasteiger charge is 2.11. The second kappa shape index (κ2) is 6.93. The minimum absolute atomic E-state index is 0.0183. The highest BCUT2D eigenvalue weighted by atomic mass is 16.4. The summed E-state index contributed by atoms with van der Waals surface area (Å²) in [4.78, 5) is 23.1. The van der Waals surface area contributed by atoms with Crippen molar-refractivity contribution in [2.75, 3.05) is 0 Å². The number of nitrogens with zero attached hydrogens (tertiary/aromatic N) is 2. The van der Waals surface area contributed by atoms with Crippen LogP contribution in [0.15, 0.2) is 35.1 Å². The minimum Gasteiger partial charge on any atom is -0.481 e. The summed E-state index contributed by atoms with van der Waals surface area (Å²) in [6.45, 7) is 4.27. The molecular formula is C18H18N2O3. The third kappa shape index (κ3) is 3.67. The van der Waals surface area contributed by atoms with E-state index in [0.717, 1.165) is 16.7 Å². The Balaban J connectivity index is 2.51. The largest absolute Gasteiger partial charge is 0.481 e. The van der Waals surface area contributed by atoms with Gasteiger partial charge in [-0.1, -0.05) is 12.1 Å². The summed E-state index contributed by atoms with van der Waals surface area (Å²) in [5, 5.41) is 17.8. The van der Waals surface area contributed by atoms with Gasteiger partial charge in [0.25, 0.3) is 5.56 Å². The molecule has 2 aromatic rings. The van der Waals surface area contributed by atoms with Gasteiger partial charge in [0.2, 0.25) is 0 Å². The third-order valence-electron chi connectivity index (χ3n) is 3.87. The molecule has 0 unspecified atom stereocenters. The maximum Gasteiger partial charge on any atom is 0.303 e. The van der Waals surface area contributed by atoms with Crippen molar-refractivity contribution in [3.63, 3.8) is 0 Å². The Labute approximate surface area is 134 Å². The zero-order valence-electron chi connectivity index (χ0n) is 13.2. The number of aryl methyl sites for hydroxylation is 2. The highest BCUT2D eigenvalue weighted by Crippen LogP contribution is 2.22. The molecule has 2 rings (SSSR count). The lowest BCUT2D eigenvalue weighted by atomic mass is 10.0. The summed E-state index contributed by atoms with van der Waals surface area (Å²) in [5.74, 6) is -0.901. The zero-order chi connectivity index (χ0) is 17.0. The number of hydrogen-bond acceptors (Lipinski definition) is 3. The monoisotopic (exact) mass is 310 g/mol. The van der Waals surface area contributed by atoms with Gasteiger partial charge >= 0.3 is 5.97 Å². The molecule has 0 bridgehead atoms. The topological polar surface area (TPSA) is 83.1 Å². The van der Waals surface area contributed by atoms with Crippen molar-refractivity contribution in [3.05, 3.63) is 57.4 Å². The second-order valence-corrected chi connectivity index (χ2v) is 5.50. The average molecular weight is 310 g/mol. The predicted molar refractivity (Wildman–Crippen MR) is 87.2 cm³/mol. The normalized spacial score (nSPS) is 10.3. The fourth-order valence-corrected chi connectivity index (χ4v) is 2.43. The Hall–Kier alpha value is -2.87. The number of carboxylic acids is 1. The van der Waals surface area contributed by atoms with Crippen molar-refractivity contribution in [2.45, 2.75) is 33.2 Å². The van der Waals surface area contributed by atoms with E-state index in [0.29, 0.717) is 12.1 Å². The summed E-state index contributed by atoms with van der Waals surface area (Å²) in [7, 11) is 0. The number of nitriles is 1. The van der Waals surface area contributed by atoms with E-state index in [2.05, 4.69) is 0 Å². The number of carboxylic acid groups (broad SMARTS) is 1. The third-order valence-corrected chi connectivity index (χ3v) is 3.87. The molecule has 0 saturated heterocycles. The van der Waals surface area contributed by atoms with Crippen LogP contribution in [-0.4, -0.2) is 15.6 Å². The van der Waals surface area contributed by atoms with Gasteiger partial charge in [0.05, 0.1) is 5.69 Å². The molecule has 0 saturated carbocycles. The fraction of sp³-hybridized carbons (Fsp3) is 0.278. The van der Waals surface area contributed by atoms with E-state index in [1.165, 1.54) is 10.6 Å². The molecule has 23 heavy (non-hydrogen) atoms. The molecule has 0 aliphatic rings. The lowest BCUT2D eigenvalue weighted by Crippen LogP contribution is -2.24. The van der Waals surface area contributed by atoms with Crippen molar-refractivity contribution in [1.29, 1.82) is 5.26 Å². The molecule has 0 aliphatic carbocycles. The Morgan fingerprint density at radius 2 is 1.96 bits per heavy atom. The van der Waals surface area contributed by atoms with Gasteiger partial charge in [0.15, 0.2) is 0 Å². The van der Waals surface area contributed by atoms with Gasteiger partial charge in [-0.05, 0) is 55.2 Å². The molecule has 0 atom stereocenters. The number of rotatable bonds is 5. The molecular weight excluding hydrogens is 292 g/mol. The number of aromatic nitrogens is 1. The van der Waals surface area contributed by atoms with E-state index in [1.54, 1.807) is 6.07 Å². The van der Waals surface area contributed by atoms with Gasteiger partial charge in [-0.2, -0.15) is 5.26 Å². The molecule has 0 aliphatic heterocycles. The number of hydrogen-bond donors (Lipinski definition) is 1. The first kappa shape index (κ1) is 16.5. The molecule has 1 aromatic heterocycles. The van der Waals surface area contributed by atoms with Gasteiger partial charge in [0.1, 0.15) is 11.6 Å². The van der Waals surface area contributed by atoms with Crippen LogP contribution < -0.4 is 5.56 Å². The highest BCUT2D eigenvalue weighted by molar-refractivity contribution is 5.66. The number of pyridine rings is 1. The van der Waals surface area contributed by atoms with Gasteiger partial charge in [-0.3, -0.25) is 9.59 Å². The first-order chi connectivity index (χ1) is 10.9. The van der Waals surface area contributed by atoms with Crippen molar-refractivity contribution < 1.29 is 9.90 Å². The molecule has 118 valence electrons. The van der Waals surface area contributed by atoms with Crippen LogP contribution in [0, 0.1) is 25.2 Å². The van der Waals surface area contributed by atoms with Crippen LogP contribution in [0.1, 0.15) is 29.5 Å². The molecule has 0 fully saturated rings. The minimum atomic E-state index is -0.901. The van der Waals surface area contributed by atoms with E-state index >= 15 is 0 Å². The Kier molecular flexibility index (Phi) is 4.97. The lowest BCUT2D eigenvalue weighted by Gasteiger charge is -2.14. The molecule has 0 amide bonds. The first-order valence-corrected chi connectivity index (χ1v) is 7.37. The van der Waals surface area contributed by atoms with E-state index in [1.807, 2.05) is 38.1 Å². The number of carbonyl (C=O) groups is 1. The Morgan fingerprint density at radius 1 is 1.22 bits per heavy atom. The molecule has 0 spiro atoms. The molecule has 0 radical (unpaired) electrons. The van der Waals surface area contributed by atoms with Crippen LogP contribution in [0.2, 0.25) is 0 Å². The van der Waals surface area contributed by atoms with Crippen LogP contribution in [0.3, 0.4) is 0 Å². The van der Waals surface area contributed by atoms with E-state index in [4.69, 9.17) is 10.4 Å². The van der Waals surface area contributed by atoms with Crippen LogP contribution in [0.5, 0.6) is 0 Å². The fourth-order valence-electron chi connectivity index (χ4n) is 2.43. The maximum atomic E-state index is 12.4. The summed E-state index contributed by atoms with van der Waals surface area (Å²) >= 11 is 0. The van der Waals surface area contributed by atoms with Crippen LogP contribution in [-0.2, 0) is 11.3 Å². The van der Waals surface area contributed by atoms with Crippen molar-refractivity contribution in [3.8, 4) is 17.3 Å². The van der Waals surface area contributed by atoms with Crippen molar-refractivity contribution in [1.82, 2.24) is 4.57 Å². The van der Waals surface area contributed by atoms with Crippen LogP contribution >= 0.6 is 0 Å². The van der Waals surface area contributed by atoms with Gasteiger partial charge in [-0.15, -0.1) is 0 Å². The maximum absolute atomic E-state index is 12.4. The standard InChI is InChI=1S/C18H18N2O3/c1-12-5-6-14(10-13(12)2)16-8-7-15(11-19)18(23)20(16)9-3-4-17(21)22/h5-8,10H,3-4,9H2,1-2H3,(H,21,22). The van der Waals surface area contributed by atoms with Crippen molar-refractivity contribution >= 4 is 5.97 Å². The number of aliphatic carboxylic acids is 1. The van der Waals surface area contributed by atoms with E-state index < -0.39 is 5.97 Å². The zero-order valence-corrected chi connectivity index (χ0v) is 13.2. The van der Waals surface area contributed by atoms with Gasteiger partial charge in [0, 0.05) is 13.0 Å². The summed E-state index contributed by atoms with van der Waals surface area (Å²) in [5.41, 5.74) is 3.52. The predicted octanol–water partition coefficient (Wildman–Crippen LogP) is 2.87. The van der Waals surface area contributed by atoms with Crippen LogP contribution in [0.25, 0.3) is 11.3 Å². The molecule has 5 heteroatoms. The lowest BCUT2D eigenvalue weighted by molar-refractivity contribution is -0.137. The molecule has 1 heterocycles. The summed E-state index contributed by atoms with van der Waals surface area (Å²) in [6.07, 6.45) is 0.317. The van der Waals surface area contributed by atoms with Crippen LogP contribution in [0.4, 0.5) is 0 Å². The van der Waals surface area contributed by atoms with E-state index in [-0.39, 0.29) is 24.1 Å². The second-order valence-electron chi connectivity index (χ2n) is 5.50.